The van der Waals surface area contributed by atoms with E-state index in [9.17, 15) is 4.79 Å². The van der Waals surface area contributed by atoms with Crippen LogP contribution in [0.4, 0.5) is 0 Å². The largest absolute Gasteiger partial charge is 0.374 e. The van der Waals surface area contributed by atoms with Gasteiger partial charge in [-0.1, -0.05) is 26.7 Å². The summed E-state index contributed by atoms with van der Waals surface area (Å²) in [5.74, 6) is 1.77. The van der Waals surface area contributed by atoms with Gasteiger partial charge in [0, 0.05) is 19.5 Å². The molecular formula is C14H25NO2. The summed E-state index contributed by atoms with van der Waals surface area (Å²) in [7, 11) is 0. The first-order chi connectivity index (χ1) is 8.16. The number of hydrogen-bond donors (Lipinski definition) is 0. The Morgan fingerprint density at radius 3 is 2.82 bits per heavy atom. The van der Waals surface area contributed by atoms with Gasteiger partial charge in [0.15, 0.2) is 0 Å². The Bertz CT molecular complexity index is 261. The van der Waals surface area contributed by atoms with Crippen LogP contribution in [0.5, 0.6) is 0 Å². The number of carbonyl (C=O) groups is 1. The van der Waals surface area contributed by atoms with Crippen molar-refractivity contribution < 1.29 is 9.53 Å². The second kappa shape index (κ2) is 5.85. The Balaban J connectivity index is 1.69. The summed E-state index contributed by atoms with van der Waals surface area (Å²) in [4.78, 5) is 14.0. The molecule has 0 aromatic carbocycles. The molecule has 1 atom stereocenters. The fraction of sp³-hybridized carbons (Fsp3) is 0.929. The van der Waals surface area contributed by atoms with Crippen molar-refractivity contribution >= 4 is 5.91 Å². The second-order valence-electron chi connectivity index (χ2n) is 5.83. The van der Waals surface area contributed by atoms with Crippen molar-refractivity contribution in [2.45, 2.75) is 52.1 Å². The lowest BCUT2D eigenvalue weighted by Crippen LogP contribution is -2.47. The van der Waals surface area contributed by atoms with Crippen LogP contribution in [0.15, 0.2) is 0 Å². The van der Waals surface area contributed by atoms with E-state index in [0.717, 1.165) is 31.8 Å². The first kappa shape index (κ1) is 12.9. The minimum Gasteiger partial charge on any atom is -0.374 e. The molecule has 17 heavy (non-hydrogen) atoms. The van der Waals surface area contributed by atoms with Crippen LogP contribution in [0.2, 0.25) is 0 Å². The number of morpholine rings is 1. The molecule has 0 aromatic rings. The molecule has 2 aliphatic rings. The molecule has 1 aliphatic carbocycles. The highest BCUT2D eigenvalue weighted by atomic mass is 16.5. The van der Waals surface area contributed by atoms with E-state index >= 15 is 0 Å². The average Bonchev–Trinajstić information content (AvgIpc) is 3.13. The SMILES string of the molecule is CC(C)C1CN(C(=O)CCCC2CC2)CCO1. The molecule has 98 valence electrons. The standard InChI is InChI=1S/C14H25NO2/c1-11(2)13-10-15(8-9-17-13)14(16)5-3-4-12-6-7-12/h11-13H,3-10H2,1-2H3. The number of ether oxygens (including phenoxy) is 1. The fourth-order valence-electron chi connectivity index (χ4n) is 2.41. The molecule has 1 unspecified atom stereocenters. The molecule has 1 saturated carbocycles. The van der Waals surface area contributed by atoms with Gasteiger partial charge in [-0.15, -0.1) is 0 Å². The van der Waals surface area contributed by atoms with Crippen molar-refractivity contribution in [3.8, 4) is 0 Å². The van der Waals surface area contributed by atoms with Crippen molar-refractivity contribution in [2.24, 2.45) is 11.8 Å². The Morgan fingerprint density at radius 2 is 2.18 bits per heavy atom. The Morgan fingerprint density at radius 1 is 1.41 bits per heavy atom. The van der Waals surface area contributed by atoms with E-state index in [1.807, 2.05) is 4.90 Å². The van der Waals surface area contributed by atoms with E-state index in [2.05, 4.69) is 13.8 Å². The first-order valence-electron chi connectivity index (χ1n) is 7.06. The van der Waals surface area contributed by atoms with E-state index < -0.39 is 0 Å². The van der Waals surface area contributed by atoms with E-state index in [-0.39, 0.29) is 6.10 Å². The lowest BCUT2D eigenvalue weighted by molar-refractivity contribution is -0.140. The maximum atomic E-state index is 12.0. The summed E-state index contributed by atoms with van der Waals surface area (Å²) in [5, 5.41) is 0. The van der Waals surface area contributed by atoms with E-state index in [1.54, 1.807) is 0 Å². The van der Waals surface area contributed by atoms with Crippen LogP contribution in [-0.2, 0) is 9.53 Å². The van der Waals surface area contributed by atoms with Crippen molar-refractivity contribution in [1.82, 2.24) is 4.90 Å². The van der Waals surface area contributed by atoms with Gasteiger partial charge in [-0.05, 0) is 24.7 Å². The van der Waals surface area contributed by atoms with E-state index in [4.69, 9.17) is 4.74 Å². The third kappa shape index (κ3) is 3.98. The van der Waals surface area contributed by atoms with Crippen LogP contribution >= 0.6 is 0 Å². The minimum atomic E-state index is 0.233. The smallest absolute Gasteiger partial charge is 0.222 e. The summed E-state index contributed by atoms with van der Waals surface area (Å²) in [6, 6.07) is 0. The zero-order valence-corrected chi connectivity index (χ0v) is 11.2. The summed E-state index contributed by atoms with van der Waals surface area (Å²) in [5.41, 5.74) is 0. The second-order valence-corrected chi connectivity index (χ2v) is 5.83. The normalized spacial score (nSPS) is 25.4. The highest BCUT2D eigenvalue weighted by molar-refractivity contribution is 5.76. The van der Waals surface area contributed by atoms with Gasteiger partial charge in [0.05, 0.1) is 12.7 Å². The lowest BCUT2D eigenvalue weighted by Gasteiger charge is -2.35. The van der Waals surface area contributed by atoms with Gasteiger partial charge in [-0.2, -0.15) is 0 Å². The minimum absolute atomic E-state index is 0.233. The molecular weight excluding hydrogens is 214 g/mol. The zero-order valence-electron chi connectivity index (χ0n) is 11.2. The van der Waals surface area contributed by atoms with Crippen molar-refractivity contribution in [3.63, 3.8) is 0 Å². The average molecular weight is 239 g/mol. The molecule has 1 heterocycles. The first-order valence-corrected chi connectivity index (χ1v) is 7.06. The Labute approximate surface area is 105 Å². The summed E-state index contributed by atoms with van der Waals surface area (Å²) in [6.45, 7) is 6.60. The van der Waals surface area contributed by atoms with Gasteiger partial charge in [0.1, 0.15) is 0 Å². The molecule has 2 rings (SSSR count). The maximum Gasteiger partial charge on any atom is 0.222 e. The molecule has 1 amide bonds. The molecule has 0 spiro atoms. The summed E-state index contributed by atoms with van der Waals surface area (Å²) < 4.78 is 5.68. The molecule has 0 bridgehead atoms. The highest BCUT2D eigenvalue weighted by Gasteiger charge is 2.26. The third-order valence-corrected chi connectivity index (χ3v) is 3.89. The number of carbonyl (C=O) groups excluding carboxylic acids is 1. The molecule has 3 nitrogen and oxygen atoms in total. The monoisotopic (exact) mass is 239 g/mol. The predicted octanol–water partition coefficient (Wildman–Crippen LogP) is 2.45. The van der Waals surface area contributed by atoms with Gasteiger partial charge in [-0.3, -0.25) is 4.79 Å². The van der Waals surface area contributed by atoms with Gasteiger partial charge in [0.25, 0.3) is 0 Å². The predicted molar refractivity (Wildman–Crippen MR) is 67.7 cm³/mol. The Hall–Kier alpha value is -0.570. The van der Waals surface area contributed by atoms with Gasteiger partial charge < -0.3 is 9.64 Å². The maximum absolute atomic E-state index is 12.0. The van der Waals surface area contributed by atoms with E-state index in [0.29, 0.717) is 18.4 Å². The van der Waals surface area contributed by atoms with Crippen LogP contribution in [-0.4, -0.2) is 36.6 Å². The van der Waals surface area contributed by atoms with Gasteiger partial charge >= 0.3 is 0 Å². The number of nitrogens with zero attached hydrogens (tertiary/aromatic N) is 1. The number of amides is 1. The van der Waals surface area contributed by atoms with Crippen LogP contribution in [0.1, 0.15) is 46.0 Å². The Kier molecular flexibility index (Phi) is 4.43. The van der Waals surface area contributed by atoms with Crippen molar-refractivity contribution in [2.75, 3.05) is 19.7 Å². The van der Waals surface area contributed by atoms with Crippen molar-refractivity contribution in [3.05, 3.63) is 0 Å². The molecule has 1 aliphatic heterocycles. The molecule has 3 heteroatoms. The quantitative estimate of drug-likeness (QED) is 0.737. The van der Waals surface area contributed by atoms with Crippen molar-refractivity contribution in [1.29, 1.82) is 0 Å². The van der Waals surface area contributed by atoms with E-state index in [1.165, 1.54) is 19.3 Å². The van der Waals surface area contributed by atoms with Crippen LogP contribution in [0, 0.1) is 11.8 Å². The van der Waals surface area contributed by atoms with Crippen LogP contribution < -0.4 is 0 Å². The third-order valence-electron chi connectivity index (χ3n) is 3.89. The zero-order chi connectivity index (χ0) is 12.3. The molecule has 0 aromatic heterocycles. The molecule has 0 N–H and O–H groups in total. The summed E-state index contributed by atoms with van der Waals surface area (Å²) in [6.07, 6.45) is 6.08. The summed E-state index contributed by atoms with van der Waals surface area (Å²) >= 11 is 0. The topological polar surface area (TPSA) is 29.5 Å². The van der Waals surface area contributed by atoms with Gasteiger partial charge in [0.2, 0.25) is 5.91 Å². The molecule has 0 radical (unpaired) electrons. The lowest BCUT2D eigenvalue weighted by atomic mass is 10.1. The highest BCUT2D eigenvalue weighted by Crippen LogP contribution is 2.33. The number of rotatable bonds is 5. The van der Waals surface area contributed by atoms with Crippen LogP contribution in [0.25, 0.3) is 0 Å². The number of hydrogen-bond acceptors (Lipinski definition) is 2. The molecule has 1 saturated heterocycles. The van der Waals surface area contributed by atoms with Crippen LogP contribution in [0.3, 0.4) is 0 Å². The van der Waals surface area contributed by atoms with Gasteiger partial charge in [-0.25, -0.2) is 0 Å². The molecule has 2 fully saturated rings. The fourth-order valence-corrected chi connectivity index (χ4v) is 2.41.